The lowest BCUT2D eigenvalue weighted by Gasteiger charge is -2.38. The van der Waals surface area contributed by atoms with Gasteiger partial charge in [0.05, 0.1) is 0 Å². The van der Waals surface area contributed by atoms with Crippen LogP contribution in [0, 0.1) is 0 Å². The maximum absolute atomic E-state index is 11.5. The lowest BCUT2D eigenvalue weighted by Crippen LogP contribution is -2.61. The molecule has 0 aliphatic carbocycles. The lowest BCUT2D eigenvalue weighted by atomic mass is 10.4. The Morgan fingerprint density at radius 2 is 1.55 bits per heavy atom. The third-order valence-electron chi connectivity index (χ3n) is 2.75. The highest BCUT2D eigenvalue weighted by Crippen LogP contribution is 2.21. The molecule has 0 saturated carbocycles. The number of hydrogen-bond donors (Lipinski definition) is 0. The fourth-order valence-corrected chi connectivity index (χ4v) is 13.7. The van der Waals surface area contributed by atoms with Gasteiger partial charge in [0.25, 0.3) is 0 Å². The number of benzene rings is 1. The molecule has 7 heteroatoms. The summed E-state index contributed by atoms with van der Waals surface area (Å²) in [5.74, 6) is -0.450. The van der Waals surface area contributed by atoms with Gasteiger partial charge in [-0.25, -0.2) is 4.79 Å². The summed E-state index contributed by atoms with van der Waals surface area (Å²) in [6.07, 6.45) is 1.17. The van der Waals surface area contributed by atoms with Crippen molar-refractivity contribution in [2.24, 2.45) is 0 Å². The van der Waals surface area contributed by atoms with Crippen molar-refractivity contribution in [3.8, 4) is 0 Å². The van der Waals surface area contributed by atoms with E-state index in [-0.39, 0.29) is 0 Å². The Labute approximate surface area is 136 Å². The van der Waals surface area contributed by atoms with Crippen LogP contribution < -0.4 is 5.19 Å². The number of hydrogen-bond acceptors (Lipinski definition) is 4. The monoisotopic (exact) mass is 354 g/mol. The summed E-state index contributed by atoms with van der Waals surface area (Å²) in [7, 11) is -7.16. The van der Waals surface area contributed by atoms with Gasteiger partial charge in [-0.05, 0) is 44.5 Å². The van der Waals surface area contributed by atoms with E-state index in [4.69, 9.17) is 12.7 Å². The molecule has 1 aromatic carbocycles. The van der Waals surface area contributed by atoms with Crippen LogP contribution in [-0.4, -0.2) is 31.4 Å². The van der Waals surface area contributed by atoms with Crippen molar-refractivity contribution in [2.75, 3.05) is 0 Å². The molecule has 22 heavy (non-hydrogen) atoms. The third-order valence-corrected chi connectivity index (χ3v) is 12.4. The summed E-state index contributed by atoms with van der Waals surface area (Å²) < 4.78 is 18.2. The van der Waals surface area contributed by atoms with Crippen molar-refractivity contribution in [2.45, 2.75) is 39.3 Å². The molecule has 1 rings (SSSR count). The van der Waals surface area contributed by atoms with Crippen molar-refractivity contribution in [1.29, 1.82) is 0 Å². The van der Waals surface area contributed by atoms with Crippen LogP contribution in [0.2, 0.25) is 39.3 Å². The summed E-state index contributed by atoms with van der Waals surface area (Å²) >= 11 is 0. The quantitative estimate of drug-likeness (QED) is 0.557. The zero-order chi connectivity index (χ0) is 17.0. The maximum atomic E-state index is 11.5. The van der Waals surface area contributed by atoms with E-state index in [1.807, 2.05) is 50.0 Å². The van der Waals surface area contributed by atoms with Gasteiger partial charge in [-0.15, -0.1) is 0 Å². The SMILES string of the molecule is C=CC(=O)O[Si](C)(C)O[Si](C)(O[Si](C)(C)C)c1ccccc1. The van der Waals surface area contributed by atoms with E-state index < -0.39 is 31.4 Å². The molecular weight excluding hydrogens is 328 g/mol. The van der Waals surface area contributed by atoms with E-state index in [9.17, 15) is 4.79 Å². The van der Waals surface area contributed by atoms with E-state index >= 15 is 0 Å². The summed E-state index contributed by atoms with van der Waals surface area (Å²) in [6, 6.07) is 9.95. The molecule has 1 aromatic rings. The molecule has 0 aliphatic rings. The highest BCUT2D eigenvalue weighted by molar-refractivity contribution is 6.93. The van der Waals surface area contributed by atoms with Crippen LogP contribution in [0.25, 0.3) is 0 Å². The third kappa shape index (κ3) is 6.01. The summed E-state index contributed by atoms with van der Waals surface area (Å²) in [4.78, 5) is 11.5. The average molecular weight is 355 g/mol. The van der Waals surface area contributed by atoms with Crippen molar-refractivity contribution in [3.63, 3.8) is 0 Å². The van der Waals surface area contributed by atoms with Gasteiger partial charge in [0.2, 0.25) is 0 Å². The Bertz CT molecular complexity index is 525. The molecular formula is C15H26O4Si3. The number of carbonyl (C=O) groups excluding carboxylic acids is 1. The maximum Gasteiger partial charge on any atom is 0.387 e. The average Bonchev–Trinajstić information content (AvgIpc) is 2.36. The number of carbonyl (C=O) groups is 1. The van der Waals surface area contributed by atoms with E-state index in [0.29, 0.717) is 0 Å². The fourth-order valence-electron chi connectivity index (χ4n) is 2.24. The van der Waals surface area contributed by atoms with Gasteiger partial charge in [0.15, 0.2) is 8.32 Å². The molecule has 0 radical (unpaired) electrons. The summed E-state index contributed by atoms with van der Waals surface area (Å²) in [6.45, 7) is 15.6. The van der Waals surface area contributed by atoms with Crippen molar-refractivity contribution in [1.82, 2.24) is 0 Å². The molecule has 0 saturated heterocycles. The molecule has 0 bridgehead atoms. The van der Waals surface area contributed by atoms with Crippen molar-refractivity contribution in [3.05, 3.63) is 43.0 Å². The van der Waals surface area contributed by atoms with Crippen LogP contribution in [0.4, 0.5) is 0 Å². The van der Waals surface area contributed by atoms with Gasteiger partial charge in [0.1, 0.15) is 0 Å². The zero-order valence-electron chi connectivity index (χ0n) is 14.3. The molecule has 0 aliphatic heterocycles. The Hall–Kier alpha value is -0.999. The summed E-state index contributed by atoms with van der Waals surface area (Å²) in [5.41, 5.74) is 0. The first-order valence-electron chi connectivity index (χ1n) is 7.29. The van der Waals surface area contributed by atoms with Crippen molar-refractivity contribution < 1.29 is 17.5 Å². The van der Waals surface area contributed by atoms with Gasteiger partial charge in [-0.3, -0.25) is 0 Å². The Kier molecular flexibility index (Phi) is 6.11. The smallest absolute Gasteiger partial charge is 0.387 e. The first-order chi connectivity index (χ1) is 9.97. The molecule has 4 nitrogen and oxygen atoms in total. The van der Waals surface area contributed by atoms with Crippen LogP contribution in [0.5, 0.6) is 0 Å². The van der Waals surface area contributed by atoms with Gasteiger partial charge < -0.3 is 12.7 Å². The minimum atomic E-state index is -2.67. The molecule has 0 fully saturated rings. The van der Waals surface area contributed by atoms with Crippen LogP contribution in [0.3, 0.4) is 0 Å². The zero-order valence-corrected chi connectivity index (χ0v) is 17.3. The van der Waals surface area contributed by atoms with Crippen LogP contribution in [-0.2, 0) is 17.5 Å². The van der Waals surface area contributed by atoms with Crippen LogP contribution in [0.15, 0.2) is 43.0 Å². The Morgan fingerprint density at radius 1 is 1.00 bits per heavy atom. The lowest BCUT2D eigenvalue weighted by molar-refractivity contribution is -0.130. The van der Waals surface area contributed by atoms with E-state index in [1.165, 1.54) is 6.08 Å². The second-order valence-electron chi connectivity index (χ2n) is 6.65. The molecule has 0 amide bonds. The van der Waals surface area contributed by atoms with Gasteiger partial charge >= 0.3 is 23.1 Å². The molecule has 0 aromatic heterocycles. The Balaban J connectivity index is 3.11. The molecule has 1 atom stereocenters. The molecule has 0 N–H and O–H groups in total. The first-order valence-corrected chi connectivity index (χ1v) is 15.8. The second kappa shape index (κ2) is 7.05. The minimum absolute atomic E-state index is 0.450. The van der Waals surface area contributed by atoms with Gasteiger partial charge in [-0.2, -0.15) is 0 Å². The largest absolute Gasteiger partial charge is 0.492 e. The summed E-state index contributed by atoms with van der Waals surface area (Å²) in [5, 5.41) is 1.05. The number of rotatable bonds is 7. The first kappa shape index (κ1) is 19.0. The molecule has 1 unspecified atom stereocenters. The predicted octanol–water partition coefficient (Wildman–Crippen LogP) is 3.26. The topological polar surface area (TPSA) is 44.8 Å². The molecule has 0 heterocycles. The van der Waals surface area contributed by atoms with Crippen molar-refractivity contribution >= 4 is 36.6 Å². The van der Waals surface area contributed by atoms with E-state index in [0.717, 1.165) is 5.19 Å². The van der Waals surface area contributed by atoms with Gasteiger partial charge in [0, 0.05) is 6.08 Å². The van der Waals surface area contributed by atoms with E-state index in [1.54, 1.807) is 0 Å². The van der Waals surface area contributed by atoms with Crippen LogP contribution >= 0.6 is 0 Å². The normalized spacial score (nSPS) is 15.0. The van der Waals surface area contributed by atoms with E-state index in [2.05, 4.69) is 26.2 Å². The fraction of sp³-hybridized carbons (Fsp3) is 0.400. The second-order valence-corrected chi connectivity index (χ2v) is 18.0. The molecule has 0 spiro atoms. The standard InChI is InChI=1S/C15H26O4Si3/c1-8-15(16)17-21(5,6)19-22(7,18-20(2,3)4)14-12-10-9-11-13-14/h8-13H,1H2,2-7H3. The molecule has 122 valence electrons. The van der Waals surface area contributed by atoms with Gasteiger partial charge in [-0.1, -0.05) is 36.9 Å². The Morgan fingerprint density at radius 3 is 2.00 bits per heavy atom. The highest BCUT2D eigenvalue weighted by Gasteiger charge is 2.45. The minimum Gasteiger partial charge on any atom is -0.492 e. The highest BCUT2D eigenvalue weighted by atomic mass is 28.5. The predicted molar refractivity (Wildman–Crippen MR) is 97.0 cm³/mol. The van der Waals surface area contributed by atoms with Crippen LogP contribution in [0.1, 0.15) is 0 Å².